The van der Waals surface area contributed by atoms with E-state index in [0.717, 1.165) is 0 Å². The summed E-state index contributed by atoms with van der Waals surface area (Å²) in [5, 5.41) is 16.4. The van der Waals surface area contributed by atoms with Crippen molar-refractivity contribution in [2.75, 3.05) is 7.05 Å². The Labute approximate surface area is 59.8 Å². The van der Waals surface area contributed by atoms with Gasteiger partial charge < -0.3 is 10.4 Å². The van der Waals surface area contributed by atoms with Crippen molar-refractivity contribution in [3.05, 3.63) is 0 Å². The Bertz CT molecular complexity index is 145. The number of hydrogen-bond donors (Lipinski definition) is 3. The first-order chi connectivity index (χ1) is 4.57. The smallest absolute Gasteiger partial charge is 0.321 e. The third-order valence-corrected chi connectivity index (χ3v) is 1.17. The fourth-order valence-corrected chi connectivity index (χ4v) is 0.635. The molecule has 0 amide bonds. The summed E-state index contributed by atoms with van der Waals surface area (Å²) in [6.07, 6.45) is 0.381. The van der Waals surface area contributed by atoms with Gasteiger partial charge in [0, 0.05) is 6.92 Å². The number of carboxylic acids is 1. The Morgan fingerprint density at radius 2 is 2.30 bits per heavy atom. The summed E-state index contributed by atoms with van der Waals surface area (Å²) in [6.45, 7) is 1.70. The summed E-state index contributed by atoms with van der Waals surface area (Å²) in [4.78, 5) is 10.3. The molecule has 0 aliphatic rings. The molecule has 4 nitrogen and oxygen atoms in total. The van der Waals surface area contributed by atoms with Crippen molar-refractivity contribution in [3.8, 4) is 0 Å². The maximum atomic E-state index is 10.3. The zero-order chi connectivity index (χ0) is 8.15. The van der Waals surface area contributed by atoms with Crippen LogP contribution >= 0.6 is 0 Å². The average molecular weight is 145 g/mol. The van der Waals surface area contributed by atoms with Crippen molar-refractivity contribution in [3.63, 3.8) is 0 Å². The molecule has 4 N–H and O–H groups in total. The molecule has 0 heterocycles. The third-order valence-electron chi connectivity index (χ3n) is 1.17. The molecule has 0 saturated carbocycles. The lowest BCUT2D eigenvalue weighted by Gasteiger charge is -2.06. The molecule has 0 saturated heterocycles. The molecule has 10 heavy (non-hydrogen) atoms. The molecule has 0 spiro atoms. The Morgan fingerprint density at radius 3 is 2.40 bits per heavy atom. The van der Waals surface area contributed by atoms with Crippen LogP contribution < -0.4 is 10.7 Å². The van der Waals surface area contributed by atoms with Crippen LogP contribution in [0.2, 0.25) is 0 Å². The molecule has 0 aromatic heterocycles. The molecule has 1 unspecified atom stereocenters. The number of aliphatic carboxylic acids is 1. The van der Waals surface area contributed by atoms with Gasteiger partial charge in [-0.2, -0.15) is 0 Å². The number of carboxylic acid groups (broad SMARTS) is 1. The SMILES string of the molecule is CNC(CC(C)=[NH2+])C(=O)O. The maximum Gasteiger partial charge on any atom is 0.321 e. The van der Waals surface area contributed by atoms with Crippen molar-refractivity contribution in [2.24, 2.45) is 0 Å². The quantitative estimate of drug-likeness (QED) is 0.411. The van der Waals surface area contributed by atoms with E-state index < -0.39 is 12.0 Å². The van der Waals surface area contributed by atoms with Gasteiger partial charge in [-0.25, -0.2) is 0 Å². The minimum atomic E-state index is -0.868. The van der Waals surface area contributed by atoms with Crippen LogP contribution in [-0.4, -0.2) is 29.9 Å². The number of likely N-dealkylation sites (N-methyl/N-ethyl adjacent to an activating group) is 1. The highest BCUT2D eigenvalue weighted by Gasteiger charge is 2.16. The molecule has 0 aromatic rings. The molecule has 0 bridgehead atoms. The van der Waals surface area contributed by atoms with Crippen LogP contribution in [0.1, 0.15) is 13.3 Å². The van der Waals surface area contributed by atoms with Gasteiger partial charge in [0.15, 0.2) is 0 Å². The van der Waals surface area contributed by atoms with Gasteiger partial charge >= 0.3 is 5.97 Å². The Hall–Kier alpha value is -0.900. The Morgan fingerprint density at radius 1 is 1.80 bits per heavy atom. The summed E-state index contributed by atoms with van der Waals surface area (Å²) in [7, 11) is 1.60. The van der Waals surface area contributed by atoms with Crippen molar-refractivity contribution in [1.82, 2.24) is 5.32 Å². The van der Waals surface area contributed by atoms with Crippen LogP contribution in [0.4, 0.5) is 0 Å². The summed E-state index contributed by atoms with van der Waals surface area (Å²) >= 11 is 0. The highest BCUT2D eigenvalue weighted by molar-refractivity contribution is 5.84. The van der Waals surface area contributed by atoms with Crippen molar-refractivity contribution >= 4 is 11.7 Å². The minimum Gasteiger partial charge on any atom is -0.480 e. The zero-order valence-electron chi connectivity index (χ0n) is 6.22. The second kappa shape index (κ2) is 4.00. The molecule has 0 rings (SSSR count). The van der Waals surface area contributed by atoms with Crippen LogP contribution in [0.15, 0.2) is 0 Å². The monoisotopic (exact) mass is 145 g/mol. The standard InChI is InChI=1S/C6H12N2O2/c1-4(7)3-5(8-2)6(9)10/h5,7-8H,3H2,1-2H3,(H,9,10)/p+1. The van der Waals surface area contributed by atoms with Crippen LogP contribution in [0.25, 0.3) is 0 Å². The van der Waals surface area contributed by atoms with Crippen molar-refractivity contribution < 1.29 is 15.3 Å². The van der Waals surface area contributed by atoms with E-state index in [2.05, 4.69) is 5.32 Å². The highest BCUT2D eigenvalue weighted by atomic mass is 16.4. The number of carbonyl (C=O) groups is 1. The molecule has 0 aliphatic carbocycles. The molecule has 4 heteroatoms. The van der Waals surface area contributed by atoms with Crippen molar-refractivity contribution in [1.29, 1.82) is 0 Å². The average Bonchev–Trinajstić information content (AvgIpc) is 1.81. The van der Waals surface area contributed by atoms with Gasteiger partial charge in [0.2, 0.25) is 0 Å². The maximum absolute atomic E-state index is 10.3. The van der Waals surface area contributed by atoms with E-state index in [1.807, 2.05) is 0 Å². The normalized spacial score (nSPS) is 12.6. The van der Waals surface area contributed by atoms with E-state index in [1.54, 1.807) is 14.0 Å². The van der Waals surface area contributed by atoms with Crippen LogP contribution in [0.5, 0.6) is 0 Å². The molecule has 0 radical (unpaired) electrons. The fraction of sp³-hybridized carbons (Fsp3) is 0.667. The van der Waals surface area contributed by atoms with E-state index in [-0.39, 0.29) is 0 Å². The number of rotatable bonds is 4. The topological polar surface area (TPSA) is 74.9 Å². The second-order valence-corrected chi connectivity index (χ2v) is 2.23. The van der Waals surface area contributed by atoms with Gasteiger partial charge in [-0.05, 0) is 7.05 Å². The molecule has 58 valence electrons. The summed E-state index contributed by atoms with van der Waals surface area (Å²) in [6, 6.07) is -0.551. The molecule has 1 atom stereocenters. The summed E-state index contributed by atoms with van der Waals surface area (Å²) in [5.74, 6) is -0.868. The lowest BCUT2D eigenvalue weighted by molar-refractivity contribution is -0.140. The highest BCUT2D eigenvalue weighted by Crippen LogP contribution is 1.89. The number of nitrogens with one attached hydrogen (secondary N) is 1. The van der Waals surface area contributed by atoms with Crippen LogP contribution in [0, 0.1) is 0 Å². The number of nitrogens with two attached hydrogens (primary N) is 1. The molecule has 0 aliphatic heterocycles. The van der Waals surface area contributed by atoms with E-state index in [4.69, 9.17) is 10.5 Å². The van der Waals surface area contributed by atoms with Gasteiger partial charge in [0.1, 0.15) is 11.8 Å². The van der Waals surface area contributed by atoms with E-state index >= 15 is 0 Å². The van der Waals surface area contributed by atoms with Gasteiger partial charge in [-0.15, -0.1) is 0 Å². The van der Waals surface area contributed by atoms with Gasteiger partial charge in [0.25, 0.3) is 0 Å². The summed E-state index contributed by atoms with van der Waals surface area (Å²) < 4.78 is 0. The van der Waals surface area contributed by atoms with Crippen LogP contribution in [0.3, 0.4) is 0 Å². The first kappa shape index (κ1) is 9.10. The third kappa shape index (κ3) is 3.19. The molecule has 0 fully saturated rings. The largest absolute Gasteiger partial charge is 0.480 e. The lowest BCUT2D eigenvalue weighted by Crippen LogP contribution is -2.44. The fourth-order valence-electron chi connectivity index (χ4n) is 0.635. The summed E-state index contributed by atoms with van der Waals surface area (Å²) in [5.41, 5.74) is 0.627. The molecular formula is C6H13N2O2+. The molecular weight excluding hydrogens is 132 g/mol. The minimum absolute atomic E-state index is 0.381. The first-order valence-corrected chi connectivity index (χ1v) is 3.06. The first-order valence-electron chi connectivity index (χ1n) is 3.06. The number of hydrogen-bond acceptors (Lipinski definition) is 2. The van der Waals surface area contributed by atoms with E-state index in [1.165, 1.54) is 0 Å². The van der Waals surface area contributed by atoms with Gasteiger partial charge in [0.05, 0.1) is 6.42 Å². The Balaban J connectivity index is 3.83. The zero-order valence-corrected chi connectivity index (χ0v) is 6.22. The predicted octanol–water partition coefficient (Wildman–Crippen LogP) is -1.73. The molecule has 0 aromatic carbocycles. The van der Waals surface area contributed by atoms with E-state index in [9.17, 15) is 4.79 Å². The van der Waals surface area contributed by atoms with Gasteiger partial charge in [-0.3, -0.25) is 10.2 Å². The lowest BCUT2D eigenvalue weighted by atomic mass is 10.1. The predicted molar refractivity (Wildman–Crippen MR) is 37.7 cm³/mol. The van der Waals surface area contributed by atoms with Gasteiger partial charge in [-0.1, -0.05) is 0 Å². The Kier molecular flexibility index (Phi) is 3.64. The van der Waals surface area contributed by atoms with E-state index in [0.29, 0.717) is 12.1 Å². The van der Waals surface area contributed by atoms with Crippen molar-refractivity contribution in [2.45, 2.75) is 19.4 Å². The van der Waals surface area contributed by atoms with Crippen LogP contribution in [-0.2, 0) is 4.79 Å². The second-order valence-electron chi connectivity index (χ2n) is 2.23.